The number of aliphatic carboxylic acids is 1. The van der Waals surface area contributed by atoms with Gasteiger partial charge in [0.25, 0.3) is 0 Å². The molecular formula is C11H6N2O5. The lowest BCUT2D eigenvalue weighted by atomic mass is 10.1. The third-order valence-electron chi connectivity index (χ3n) is 1.88. The molecule has 0 bridgehead atoms. The monoisotopic (exact) mass is 246 g/mol. The summed E-state index contributed by atoms with van der Waals surface area (Å²) in [4.78, 5) is 20.0. The van der Waals surface area contributed by atoms with Gasteiger partial charge in [-0.15, -0.1) is 0 Å². The van der Waals surface area contributed by atoms with Crippen LogP contribution in [0.3, 0.4) is 0 Å². The average Bonchev–Trinajstić information content (AvgIpc) is 2.30. The molecule has 0 aliphatic heterocycles. The van der Waals surface area contributed by atoms with Gasteiger partial charge < -0.3 is 10.2 Å². The standard InChI is InChI=1S/C11H6N2O5/c12-6-7-4-8(2-1-3-10(14)15)11(16)9(5-7)13(17)18/h4-5,16H,3H2,(H,14,15). The molecule has 0 saturated carbocycles. The molecule has 90 valence electrons. The van der Waals surface area contributed by atoms with Gasteiger partial charge in [-0.3, -0.25) is 14.9 Å². The Kier molecular flexibility index (Phi) is 3.85. The maximum Gasteiger partial charge on any atom is 0.315 e. The fraction of sp³-hybridized carbons (Fsp3) is 0.0909. The molecule has 0 aliphatic carbocycles. The highest BCUT2D eigenvalue weighted by molar-refractivity contribution is 5.70. The molecule has 0 aromatic heterocycles. The van der Waals surface area contributed by atoms with Gasteiger partial charge in [0.05, 0.1) is 22.1 Å². The van der Waals surface area contributed by atoms with Crippen molar-refractivity contribution >= 4 is 11.7 Å². The highest BCUT2D eigenvalue weighted by atomic mass is 16.6. The van der Waals surface area contributed by atoms with Crippen LogP contribution in [-0.4, -0.2) is 21.1 Å². The van der Waals surface area contributed by atoms with Gasteiger partial charge in [-0.2, -0.15) is 5.26 Å². The van der Waals surface area contributed by atoms with Crippen LogP contribution in [-0.2, 0) is 4.79 Å². The van der Waals surface area contributed by atoms with Gasteiger partial charge in [-0.05, 0) is 6.07 Å². The second-order valence-electron chi connectivity index (χ2n) is 3.13. The van der Waals surface area contributed by atoms with Crippen molar-refractivity contribution in [1.82, 2.24) is 0 Å². The van der Waals surface area contributed by atoms with Crippen molar-refractivity contribution in [3.8, 4) is 23.7 Å². The third-order valence-corrected chi connectivity index (χ3v) is 1.88. The molecule has 0 saturated heterocycles. The predicted octanol–water partition coefficient (Wildman–Crippen LogP) is 0.998. The molecule has 18 heavy (non-hydrogen) atoms. The molecule has 7 heteroatoms. The number of nitro groups is 1. The number of phenolic OH excluding ortho intramolecular Hbond substituents is 1. The lowest BCUT2D eigenvalue weighted by Gasteiger charge is -1.99. The van der Waals surface area contributed by atoms with Crippen molar-refractivity contribution in [2.24, 2.45) is 0 Å². The van der Waals surface area contributed by atoms with E-state index in [1.165, 1.54) is 0 Å². The second kappa shape index (κ2) is 5.32. The predicted molar refractivity (Wildman–Crippen MR) is 58.6 cm³/mol. The molecule has 0 unspecified atom stereocenters. The number of nitro benzene ring substituents is 1. The first kappa shape index (κ1) is 13.0. The molecule has 0 radical (unpaired) electrons. The molecule has 2 N–H and O–H groups in total. The number of rotatable bonds is 2. The number of nitrogens with zero attached hydrogens (tertiary/aromatic N) is 2. The number of nitriles is 1. The smallest absolute Gasteiger partial charge is 0.315 e. The van der Waals surface area contributed by atoms with Crippen LogP contribution in [0.15, 0.2) is 12.1 Å². The van der Waals surface area contributed by atoms with Gasteiger partial charge in [0.1, 0.15) is 6.42 Å². The van der Waals surface area contributed by atoms with Gasteiger partial charge in [-0.25, -0.2) is 0 Å². The van der Waals surface area contributed by atoms with E-state index in [1.807, 2.05) is 0 Å². The Morgan fingerprint density at radius 2 is 2.17 bits per heavy atom. The van der Waals surface area contributed by atoms with E-state index in [2.05, 4.69) is 11.8 Å². The summed E-state index contributed by atoms with van der Waals surface area (Å²) in [5.41, 5.74) is -0.838. The molecule has 0 fully saturated rings. The first-order chi connectivity index (χ1) is 8.45. The number of hydrogen-bond acceptors (Lipinski definition) is 5. The summed E-state index contributed by atoms with van der Waals surface area (Å²) in [6, 6.07) is 3.75. The Bertz CT molecular complexity index is 619. The number of aromatic hydroxyl groups is 1. The van der Waals surface area contributed by atoms with E-state index >= 15 is 0 Å². The van der Waals surface area contributed by atoms with Gasteiger partial charge >= 0.3 is 11.7 Å². The first-order valence-electron chi connectivity index (χ1n) is 4.58. The molecular weight excluding hydrogens is 240 g/mol. The summed E-state index contributed by atoms with van der Waals surface area (Å²) in [6.07, 6.45) is -0.468. The van der Waals surface area contributed by atoms with Crippen molar-refractivity contribution in [3.63, 3.8) is 0 Å². The Morgan fingerprint density at radius 1 is 1.50 bits per heavy atom. The highest BCUT2D eigenvalue weighted by Gasteiger charge is 2.18. The molecule has 0 amide bonds. The minimum absolute atomic E-state index is 0.0425. The van der Waals surface area contributed by atoms with E-state index in [-0.39, 0.29) is 11.1 Å². The minimum Gasteiger partial charge on any atom is -0.501 e. The summed E-state index contributed by atoms with van der Waals surface area (Å²) < 4.78 is 0. The fourth-order valence-corrected chi connectivity index (χ4v) is 1.13. The number of carboxylic acid groups (broad SMARTS) is 1. The number of benzene rings is 1. The lowest BCUT2D eigenvalue weighted by molar-refractivity contribution is -0.385. The van der Waals surface area contributed by atoms with Gasteiger partial charge in [-0.1, -0.05) is 11.8 Å². The molecule has 0 spiro atoms. The second-order valence-corrected chi connectivity index (χ2v) is 3.13. The van der Waals surface area contributed by atoms with E-state index in [0.717, 1.165) is 12.1 Å². The fourth-order valence-electron chi connectivity index (χ4n) is 1.13. The van der Waals surface area contributed by atoms with E-state index in [9.17, 15) is 20.0 Å². The molecule has 0 aliphatic rings. The quantitative estimate of drug-likeness (QED) is 0.455. The largest absolute Gasteiger partial charge is 0.501 e. The first-order valence-corrected chi connectivity index (χ1v) is 4.58. The van der Waals surface area contributed by atoms with Gasteiger partial charge in [0.15, 0.2) is 0 Å². The topological polar surface area (TPSA) is 124 Å². The van der Waals surface area contributed by atoms with Crippen molar-refractivity contribution in [2.75, 3.05) is 0 Å². The van der Waals surface area contributed by atoms with Crippen molar-refractivity contribution in [3.05, 3.63) is 33.4 Å². The SMILES string of the molecule is N#Cc1cc(C#CCC(=O)O)c(O)c([N+](=O)[O-])c1. The molecule has 0 heterocycles. The zero-order chi connectivity index (χ0) is 13.7. The lowest BCUT2D eigenvalue weighted by Crippen LogP contribution is -1.93. The maximum atomic E-state index is 10.6. The summed E-state index contributed by atoms with van der Waals surface area (Å²) in [5, 5.41) is 37.2. The van der Waals surface area contributed by atoms with Crippen LogP contribution >= 0.6 is 0 Å². The van der Waals surface area contributed by atoms with E-state index in [1.54, 1.807) is 6.07 Å². The summed E-state index contributed by atoms with van der Waals surface area (Å²) in [7, 11) is 0. The van der Waals surface area contributed by atoms with Gasteiger partial charge in [0, 0.05) is 6.07 Å². The molecule has 7 nitrogen and oxygen atoms in total. The minimum atomic E-state index is -1.16. The maximum absolute atomic E-state index is 10.6. The van der Waals surface area contributed by atoms with E-state index < -0.39 is 28.8 Å². The summed E-state index contributed by atoms with van der Waals surface area (Å²) in [5.74, 6) is 2.65. The number of carbonyl (C=O) groups is 1. The Balaban J connectivity index is 3.30. The number of hydrogen-bond donors (Lipinski definition) is 2. The molecule has 1 aromatic carbocycles. The normalized spacial score (nSPS) is 8.83. The van der Waals surface area contributed by atoms with Crippen LogP contribution in [0.25, 0.3) is 0 Å². The molecule has 0 atom stereocenters. The third kappa shape index (κ3) is 2.97. The number of carboxylic acids is 1. The highest BCUT2D eigenvalue weighted by Crippen LogP contribution is 2.30. The van der Waals surface area contributed by atoms with Crippen LogP contribution in [0.5, 0.6) is 5.75 Å². The van der Waals surface area contributed by atoms with Crippen molar-refractivity contribution in [2.45, 2.75) is 6.42 Å². The zero-order valence-corrected chi connectivity index (χ0v) is 8.88. The van der Waals surface area contributed by atoms with Crippen LogP contribution < -0.4 is 0 Å². The number of phenols is 1. The van der Waals surface area contributed by atoms with Crippen molar-refractivity contribution in [1.29, 1.82) is 5.26 Å². The van der Waals surface area contributed by atoms with Gasteiger partial charge in [0.2, 0.25) is 5.75 Å². The summed E-state index contributed by atoms with van der Waals surface area (Å²) in [6.45, 7) is 0. The van der Waals surface area contributed by atoms with Crippen LogP contribution in [0, 0.1) is 33.3 Å². The van der Waals surface area contributed by atoms with E-state index in [0.29, 0.717) is 0 Å². The zero-order valence-electron chi connectivity index (χ0n) is 8.88. The Morgan fingerprint density at radius 3 is 2.67 bits per heavy atom. The van der Waals surface area contributed by atoms with Crippen LogP contribution in [0.2, 0.25) is 0 Å². The van der Waals surface area contributed by atoms with E-state index in [4.69, 9.17) is 10.4 Å². The average molecular weight is 246 g/mol. The Hall–Kier alpha value is -3.06. The summed E-state index contributed by atoms with van der Waals surface area (Å²) >= 11 is 0. The molecule has 1 aromatic rings. The Labute approximate surface area is 101 Å². The molecule has 1 rings (SSSR count). The van der Waals surface area contributed by atoms with Crippen molar-refractivity contribution < 1.29 is 19.9 Å². The van der Waals surface area contributed by atoms with Crippen LogP contribution in [0.1, 0.15) is 17.5 Å². The van der Waals surface area contributed by atoms with Crippen LogP contribution in [0.4, 0.5) is 5.69 Å².